The first kappa shape index (κ1) is 13.4. The molecule has 1 heterocycles. The van der Waals surface area contributed by atoms with Gasteiger partial charge in [0.05, 0.1) is 0 Å². The van der Waals surface area contributed by atoms with E-state index in [9.17, 15) is 10.1 Å². The highest BCUT2D eigenvalue weighted by Crippen LogP contribution is 2.24. The molecule has 17 heavy (non-hydrogen) atoms. The number of hydrogen-bond donors (Lipinski definition) is 2. The topological polar surface area (TPSA) is 93.2 Å². The average molecular weight is 242 g/mol. The monoisotopic (exact) mass is 242 g/mol. The van der Waals surface area contributed by atoms with Crippen LogP contribution in [0.15, 0.2) is 0 Å². The Balaban J connectivity index is 2.79. The van der Waals surface area contributed by atoms with Gasteiger partial charge in [0.2, 0.25) is 11.6 Å². The van der Waals surface area contributed by atoms with Crippen molar-refractivity contribution in [2.24, 2.45) is 13.0 Å². The van der Waals surface area contributed by atoms with Gasteiger partial charge in [-0.15, -0.1) is 0 Å². The normalized spacial score (nSPS) is 12.5. The van der Waals surface area contributed by atoms with Crippen molar-refractivity contribution in [3.8, 4) is 0 Å². The molecule has 0 aromatic carbocycles. The highest BCUT2D eigenvalue weighted by molar-refractivity contribution is 5.53. The van der Waals surface area contributed by atoms with Crippen LogP contribution in [0.2, 0.25) is 0 Å². The van der Waals surface area contributed by atoms with Crippen LogP contribution in [-0.2, 0) is 7.05 Å². The van der Waals surface area contributed by atoms with Crippen LogP contribution in [0.1, 0.15) is 19.2 Å². The molecule has 1 unspecified atom stereocenters. The zero-order valence-corrected chi connectivity index (χ0v) is 10.3. The fraction of sp³-hybridized carbons (Fsp3) is 0.700. The fourth-order valence-corrected chi connectivity index (χ4v) is 1.51. The largest absolute Gasteiger partial charge is 0.406 e. The van der Waals surface area contributed by atoms with Gasteiger partial charge in [0.25, 0.3) is 0 Å². The standard InChI is InChI=1S/C10H18N4O3/c1-7(4-5-15)6-11-9-10(14(16)17)12-8(2)13(9)3/h7,11,15H,4-6H2,1-3H3. The molecule has 96 valence electrons. The van der Waals surface area contributed by atoms with E-state index in [1.165, 1.54) is 0 Å². The molecule has 0 radical (unpaired) electrons. The Hall–Kier alpha value is -1.63. The molecule has 0 saturated heterocycles. The lowest BCUT2D eigenvalue weighted by Crippen LogP contribution is -2.15. The summed E-state index contributed by atoms with van der Waals surface area (Å²) < 4.78 is 1.66. The number of nitro groups is 1. The maximum absolute atomic E-state index is 10.8. The Morgan fingerprint density at radius 3 is 2.82 bits per heavy atom. The Bertz CT molecular complexity index is 403. The summed E-state index contributed by atoms with van der Waals surface area (Å²) in [5.74, 6) is 1.10. The molecular weight excluding hydrogens is 224 g/mol. The first-order valence-electron chi connectivity index (χ1n) is 5.49. The van der Waals surface area contributed by atoms with Gasteiger partial charge in [-0.1, -0.05) is 6.92 Å². The highest BCUT2D eigenvalue weighted by Gasteiger charge is 2.23. The van der Waals surface area contributed by atoms with Crippen LogP contribution in [0.5, 0.6) is 0 Å². The van der Waals surface area contributed by atoms with E-state index < -0.39 is 4.92 Å². The van der Waals surface area contributed by atoms with E-state index in [0.29, 0.717) is 24.6 Å². The summed E-state index contributed by atoms with van der Waals surface area (Å²) in [6.45, 7) is 4.38. The third-order valence-electron chi connectivity index (χ3n) is 2.71. The summed E-state index contributed by atoms with van der Waals surface area (Å²) in [4.78, 5) is 14.2. The van der Waals surface area contributed by atoms with Crippen LogP contribution in [0.3, 0.4) is 0 Å². The molecule has 0 aliphatic heterocycles. The lowest BCUT2D eigenvalue weighted by atomic mass is 10.1. The minimum Gasteiger partial charge on any atom is -0.396 e. The molecule has 1 rings (SSSR count). The van der Waals surface area contributed by atoms with Crippen molar-refractivity contribution in [1.29, 1.82) is 0 Å². The molecule has 0 bridgehead atoms. The summed E-state index contributed by atoms with van der Waals surface area (Å²) in [5.41, 5.74) is 0. The van der Waals surface area contributed by atoms with Crippen molar-refractivity contribution in [3.05, 3.63) is 15.9 Å². The van der Waals surface area contributed by atoms with Gasteiger partial charge >= 0.3 is 5.82 Å². The van der Waals surface area contributed by atoms with Crippen LogP contribution in [0, 0.1) is 23.0 Å². The van der Waals surface area contributed by atoms with Crippen LogP contribution in [0.25, 0.3) is 0 Å². The summed E-state index contributed by atoms with van der Waals surface area (Å²) >= 11 is 0. The summed E-state index contributed by atoms with van der Waals surface area (Å²) in [5, 5.41) is 22.6. The van der Waals surface area contributed by atoms with E-state index in [1.807, 2.05) is 6.92 Å². The molecule has 1 aromatic rings. The maximum Gasteiger partial charge on any atom is 0.406 e. The highest BCUT2D eigenvalue weighted by atomic mass is 16.6. The van der Waals surface area contributed by atoms with E-state index in [2.05, 4.69) is 10.3 Å². The molecule has 1 aromatic heterocycles. The lowest BCUT2D eigenvalue weighted by Gasteiger charge is -2.11. The SMILES string of the molecule is Cc1nc([N+](=O)[O-])c(NCC(C)CCO)n1C. The van der Waals surface area contributed by atoms with Crippen LogP contribution in [-0.4, -0.2) is 32.7 Å². The predicted octanol–water partition coefficient (Wildman–Crippen LogP) is 1.07. The first-order chi connectivity index (χ1) is 7.97. The smallest absolute Gasteiger partial charge is 0.396 e. The quantitative estimate of drug-likeness (QED) is 0.575. The second kappa shape index (κ2) is 5.62. The molecule has 0 spiro atoms. The van der Waals surface area contributed by atoms with Crippen molar-refractivity contribution in [2.45, 2.75) is 20.3 Å². The van der Waals surface area contributed by atoms with Crippen LogP contribution >= 0.6 is 0 Å². The van der Waals surface area contributed by atoms with Gasteiger partial charge in [-0.2, -0.15) is 0 Å². The van der Waals surface area contributed by atoms with Gasteiger partial charge in [0, 0.05) is 27.1 Å². The molecule has 0 aliphatic rings. The number of anilines is 1. The molecule has 7 nitrogen and oxygen atoms in total. The molecule has 0 amide bonds. The zero-order chi connectivity index (χ0) is 13.0. The third kappa shape index (κ3) is 3.16. The van der Waals surface area contributed by atoms with Crippen molar-refractivity contribution in [3.63, 3.8) is 0 Å². The Labute approximate surface area is 99.6 Å². The Morgan fingerprint density at radius 2 is 2.29 bits per heavy atom. The second-order valence-corrected chi connectivity index (χ2v) is 4.15. The maximum atomic E-state index is 10.8. The number of aliphatic hydroxyl groups excluding tert-OH is 1. The van der Waals surface area contributed by atoms with E-state index in [-0.39, 0.29) is 18.3 Å². The number of aromatic nitrogens is 2. The van der Waals surface area contributed by atoms with Gasteiger partial charge in [-0.25, -0.2) is 0 Å². The van der Waals surface area contributed by atoms with Crippen molar-refractivity contribution >= 4 is 11.6 Å². The van der Waals surface area contributed by atoms with E-state index in [1.54, 1.807) is 18.5 Å². The zero-order valence-electron chi connectivity index (χ0n) is 10.3. The molecule has 1 atom stereocenters. The molecular formula is C10H18N4O3. The van der Waals surface area contributed by atoms with E-state index in [0.717, 1.165) is 0 Å². The molecule has 7 heteroatoms. The van der Waals surface area contributed by atoms with Crippen molar-refractivity contribution < 1.29 is 10.0 Å². The first-order valence-corrected chi connectivity index (χ1v) is 5.49. The number of aryl methyl sites for hydroxylation is 1. The minimum atomic E-state index is -0.494. The molecule has 0 fully saturated rings. The van der Waals surface area contributed by atoms with Gasteiger partial charge in [0.1, 0.15) is 0 Å². The number of nitrogens with one attached hydrogen (secondary N) is 1. The Morgan fingerprint density at radius 1 is 1.65 bits per heavy atom. The van der Waals surface area contributed by atoms with Gasteiger partial charge in [-0.3, -0.25) is 4.57 Å². The lowest BCUT2D eigenvalue weighted by molar-refractivity contribution is -0.388. The second-order valence-electron chi connectivity index (χ2n) is 4.15. The van der Waals surface area contributed by atoms with Crippen molar-refractivity contribution in [2.75, 3.05) is 18.5 Å². The molecule has 0 aliphatic carbocycles. The van der Waals surface area contributed by atoms with Gasteiger partial charge < -0.3 is 20.5 Å². The van der Waals surface area contributed by atoms with Crippen LogP contribution < -0.4 is 5.32 Å². The summed E-state index contributed by atoms with van der Waals surface area (Å²) in [7, 11) is 1.73. The van der Waals surface area contributed by atoms with E-state index >= 15 is 0 Å². The number of hydrogen-bond acceptors (Lipinski definition) is 5. The Kier molecular flexibility index (Phi) is 4.45. The predicted molar refractivity (Wildman–Crippen MR) is 64.0 cm³/mol. The molecule has 2 N–H and O–H groups in total. The summed E-state index contributed by atoms with van der Waals surface area (Å²) in [6, 6.07) is 0. The number of nitrogens with zero attached hydrogens (tertiary/aromatic N) is 3. The number of imidazole rings is 1. The third-order valence-corrected chi connectivity index (χ3v) is 2.71. The average Bonchev–Trinajstić information content (AvgIpc) is 2.54. The van der Waals surface area contributed by atoms with Gasteiger partial charge in [-0.05, 0) is 22.2 Å². The van der Waals surface area contributed by atoms with Gasteiger partial charge in [0.15, 0.2) is 0 Å². The minimum absolute atomic E-state index is 0.120. The fourth-order valence-electron chi connectivity index (χ4n) is 1.51. The number of aliphatic hydroxyl groups is 1. The molecule has 0 saturated carbocycles. The van der Waals surface area contributed by atoms with Crippen molar-refractivity contribution in [1.82, 2.24) is 9.55 Å². The summed E-state index contributed by atoms with van der Waals surface area (Å²) in [6.07, 6.45) is 0.664. The number of rotatable bonds is 6. The van der Waals surface area contributed by atoms with Crippen LogP contribution in [0.4, 0.5) is 11.6 Å². The van der Waals surface area contributed by atoms with E-state index in [4.69, 9.17) is 5.11 Å².